The molecule has 0 fully saturated rings. The second-order valence-electron chi connectivity index (χ2n) is 9.97. The first-order chi connectivity index (χ1) is 19.6. The molecule has 1 N–H and O–H groups in total. The lowest BCUT2D eigenvalue weighted by Crippen LogP contribution is -2.33. The molecule has 4 heterocycles. The summed E-state index contributed by atoms with van der Waals surface area (Å²) in [4.78, 5) is 19.2. The van der Waals surface area contributed by atoms with Gasteiger partial charge in [-0.05, 0) is 59.9 Å². The number of carboxylic acid groups (broad SMARTS) is 1. The zero-order valence-corrected chi connectivity index (χ0v) is 23.3. The number of hydrogen-bond acceptors (Lipinski definition) is 6. The number of halogens is 3. The molecule has 3 aromatic heterocycles. The van der Waals surface area contributed by atoms with Crippen molar-refractivity contribution in [1.29, 1.82) is 0 Å². The Labute approximate surface area is 237 Å². The van der Waals surface area contributed by atoms with Crippen LogP contribution in [0.2, 0.25) is 0 Å². The second kappa shape index (κ2) is 11.6. The molecule has 0 aliphatic carbocycles. The molecule has 13 heteroatoms. The van der Waals surface area contributed by atoms with Crippen LogP contribution in [-0.4, -0.2) is 58.8 Å². The third-order valence-electron chi connectivity index (χ3n) is 7.18. The van der Waals surface area contributed by atoms with E-state index in [0.29, 0.717) is 35.7 Å². The molecule has 1 aliphatic heterocycles. The Morgan fingerprint density at radius 3 is 2.63 bits per heavy atom. The van der Waals surface area contributed by atoms with Gasteiger partial charge in [0.15, 0.2) is 5.65 Å². The van der Waals surface area contributed by atoms with E-state index in [9.17, 15) is 27.3 Å². The van der Waals surface area contributed by atoms with Crippen molar-refractivity contribution >= 4 is 28.4 Å². The summed E-state index contributed by atoms with van der Waals surface area (Å²) in [7, 11) is -1.46. The van der Waals surface area contributed by atoms with Crippen molar-refractivity contribution in [2.24, 2.45) is 0 Å². The van der Waals surface area contributed by atoms with Crippen molar-refractivity contribution < 1.29 is 27.3 Å². The van der Waals surface area contributed by atoms with Crippen molar-refractivity contribution in [3.8, 4) is 0 Å². The molecule has 0 amide bonds. The van der Waals surface area contributed by atoms with Gasteiger partial charge in [0, 0.05) is 44.5 Å². The number of alkyl halides is 3. The van der Waals surface area contributed by atoms with Gasteiger partial charge in [0.1, 0.15) is 16.8 Å². The maximum absolute atomic E-state index is 13.7. The minimum atomic E-state index is -4.68. The number of pyridine rings is 2. The number of carboxylic acids is 1. The predicted molar refractivity (Wildman–Crippen MR) is 147 cm³/mol. The maximum Gasteiger partial charge on any atom is 0.452 e. The summed E-state index contributed by atoms with van der Waals surface area (Å²) < 4.78 is 56.3. The molecule has 0 radical (unpaired) electrons. The van der Waals surface area contributed by atoms with Crippen molar-refractivity contribution in [2.75, 3.05) is 24.5 Å². The van der Waals surface area contributed by atoms with Crippen LogP contribution in [0, 0.1) is 6.92 Å². The smallest absolute Gasteiger partial charge is 0.452 e. The number of carbonyl (C=O) groups is 1. The van der Waals surface area contributed by atoms with E-state index in [1.54, 1.807) is 12.3 Å². The van der Waals surface area contributed by atoms with Gasteiger partial charge in [0.2, 0.25) is 5.82 Å². The molecule has 0 spiro atoms. The van der Waals surface area contributed by atoms with E-state index < -0.39 is 34.9 Å². The number of aryl methyl sites for hydroxylation is 1. The van der Waals surface area contributed by atoms with E-state index in [1.165, 1.54) is 18.3 Å². The summed E-state index contributed by atoms with van der Waals surface area (Å²) in [6, 6.07) is 12.1. The Morgan fingerprint density at radius 2 is 1.90 bits per heavy atom. The van der Waals surface area contributed by atoms with Crippen LogP contribution in [0.3, 0.4) is 0 Å². The Balaban J connectivity index is 1.48. The molecule has 0 bridgehead atoms. The van der Waals surface area contributed by atoms with Gasteiger partial charge in [0.25, 0.3) is 0 Å². The highest BCUT2D eigenvalue weighted by Gasteiger charge is 2.37. The maximum atomic E-state index is 13.7. The summed E-state index contributed by atoms with van der Waals surface area (Å²) in [6.45, 7) is 6.37. The average Bonchev–Trinajstić information content (AvgIpc) is 3.33. The molecule has 1 aromatic carbocycles. The molecular weight excluding hydrogens is 557 g/mol. The lowest BCUT2D eigenvalue weighted by molar-refractivity contribution is -0.145. The summed E-state index contributed by atoms with van der Waals surface area (Å²) >= 11 is 0. The Hall–Kier alpha value is -3.84. The first-order valence-electron chi connectivity index (χ1n) is 13.2. The minimum Gasteiger partial charge on any atom is -0.481 e. The summed E-state index contributed by atoms with van der Waals surface area (Å²) in [6.07, 6.45) is -1.12. The zero-order valence-electron chi connectivity index (χ0n) is 22.5. The SMILES string of the molecule is CCCN1CCN(Cc2cc([C@H](CC(=O)O)c3ccn4c(C(F)(F)F)nnc4c3)ccc2C)S(=O)c2cccnc21. The molecule has 216 valence electrons. The summed E-state index contributed by atoms with van der Waals surface area (Å²) in [5, 5.41) is 16.6. The first kappa shape index (κ1) is 28.7. The first-order valence-corrected chi connectivity index (χ1v) is 14.3. The van der Waals surface area contributed by atoms with Gasteiger partial charge in [-0.15, -0.1) is 10.2 Å². The fourth-order valence-corrected chi connectivity index (χ4v) is 6.44. The Bertz CT molecular complexity index is 1610. The molecule has 0 saturated carbocycles. The van der Waals surface area contributed by atoms with E-state index in [4.69, 9.17) is 0 Å². The number of nitrogens with zero attached hydrogens (tertiary/aromatic N) is 6. The van der Waals surface area contributed by atoms with Crippen molar-refractivity contribution in [1.82, 2.24) is 23.9 Å². The fourth-order valence-electron chi connectivity index (χ4n) is 5.13. The average molecular weight is 587 g/mol. The van der Waals surface area contributed by atoms with Gasteiger partial charge in [-0.25, -0.2) is 13.5 Å². The normalized spacial score (nSPS) is 16.9. The third kappa shape index (κ3) is 5.96. The molecule has 2 atom stereocenters. The van der Waals surface area contributed by atoms with Crippen molar-refractivity contribution in [3.05, 3.63) is 82.9 Å². The van der Waals surface area contributed by atoms with Crippen LogP contribution in [-0.2, 0) is 28.5 Å². The van der Waals surface area contributed by atoms with Crippen LogP contribution in [0.25, 0.3) is 5.65 Å². The Morgan fingerprint density at radius 1 is 1.12 bits per heavy atom. The molecule has 41 heavy (non-hydrogen) atoms. The van der Waals surface area contributed by atoms with Crippen LogP contribution in [0.1, 0.15) is 53.8 Å². The number of aromatic nitrogens is 4. The minimum absolute atomic E-state index is 0.0265. The summed E-state index contributed by atoms with van der Waals surface area (Å²) in [5.74, 6) is -2.13. The number of benzene rings is 1. The molecule has 0 saturated heterocycles. The van der Waals surface area contributed by atoms with E-state index in [0.717, 1.165) is 34.3 Å². The van der Waals surface area contributed by atoms with E-state index >= 15 is 0 Å². The van der Waals surface area contributed by atoms with Crippen LogP contribution >= 0.6 is 0 Å². The van der Waals surface area contributed by atoms with E-state index in [1.807, 2.05) is 35.5 Å². The van der Waals surface area contributed by atoms with Crippen LogP contribution in [0.4, 0.5) is 19.0 Å². The van der Waals surface area contributed by atoms with Gasteiger partial charge in [-0.2, -0.15) is 13.2 Å². The summed E-state index contributed by atoms with van der Waals surface area (Å²) in [5.41, 5.74) is 2.99. The fraction of sp³-hybridized carbons (Fsp3) is 0.357. The molecule has 1 aliphatic rings. The van der Waals surface area contributed by atoms with Gasteiger partial charge in [0.05, 0.1) is 11.3 Å². The standard InChI is InChI=1S/C28H29F3N6O3S/c1-3-10-35-12-13-36(41(40)23-5-4-9-32-26(23)35)17-21-14-19(7-6-18(21)2)22(16-25(38)39)20-8-11-37-24(15-20)33-34-27(37)28(29,30)31/h4-9,11,14-15,22H,3,10,12-13,16-17H2,1-2H3,(H,38,39)/t22-,41?/m0/s1. The van der Waals surface area contributed by atoms with E-state index in [-0.39, 0.29) is 12.1 Å². The van der Waals surface area contributed by atoms with Gasteiger partial charge in [-0.1, -0.05) is 25.1 Å². The number of aliphatic carboxylic acids is 1. The van der Waals surface area contributed by atoms with Gasteiger partial charge in [-0.3, -0.25) is 9.20 Å². The topological polar surface area (TPSA) is 104 Å². The van der Waals surface area contributed by atoms with Crippen LogP contribution < -0.4 is 4.90 Å². The number of anilines is 1. The number of rotatable bonds is 8. The second-order valence-corrected chi connectivity index (χ2v) is 11.4. The Kier molecular flexibility index (Phi) is 8.09. The lowest BCUT2D eigenvalue weighted by Gasteiger charge is -2.23. The molecular formula is C28H29F3N6O3S. The highest BCUT2D eigenvalue weighted by atomic mass is 32.2. The number of fused-ring (bicyclic) bond motifs is 2. The highest BCUT2D eigenvalue weighted by molar-refractivity contribution is 7.82. The third-order valence-corrected chi connectivity index (χ3v) is 8.65. The van der Waals surface area contributed by atoms with Crippen molar-refractivity contribution in [3.63, 3.8) is 0 Å². The van der Waals surface area contributed by atoms with Gasteiger partial charge >= 0.3 is 12.1 Å². The molecule has 5 rings (SSSR count). The zero-order chi connectivity index (χ0) is 29.3. The molecule has 9 nitrogen and oxygen atoms in total. The van der Waals surface area contributed by atoms with Gasteiger partial charge < -0.3 is 10.0 Å². The predicted octanol–water partition coefficient (Wildman–Crippen LogP) is 4.81. The highest BCUT2D eigenvalue weighted by Crippen LogP contribution is 2.34. The van der Waals surface area contributed by atoms with Crippen LogP contribution in [0.15, 0.2) is 59.8 Å². The largest absolute Gasteiger partial charge is 0.481 e. The van der Waals surface area contributed by atoms with Crippen molar-refractivity contribution in [2.45, 2.75) is 50.2 Å². The van der Waals surface area contributed by atoms with E-state index in [2.05, 4.69) is 27.0 Å². The quantitative estimate of drug-likeness (QED) is 0.316. The lowest BCUT2D eigenvalue weighted by atomic mass is 9.87. The monoisotopic (exact) mass is 586 g/mol. The number of hydrogen-bond donors (Lipinski definition) is 1. The van der Waals surface area contributed by atoms with Crippen LogP contribution in [0.5, 0.6) is 0 Å². The molecule has 1 unspecified atom stereocenters. The molecule has 4 aromatic rings.